The Labute approximate surface area is 108 Å². The van der Waals surface area contributed by atoms with Crippen LogP contribution in [0.25, 0.3) is 0 Å². The summed E-state index contributed by atoms with van der Waals surface area (Å²) in [5.74, 6) is -0.629. The van der Waals surface area contributed by atoms with Gasteiger partial charge in [-0.25, -0.2) is 0 Å². The molecule has 5 heteroatoms. The molecule has 0 atom stereocenters. The van der Waals surface area contributed by atoms with Crippen molar-refractivity contribution in [2.24, 2.45) is 11.8 Å². The van der Waals surface area contributed by atoms with Crippen LogP contribution >= 0.6 is 0 Å². The Morgan fingerprint density at radius 2 is 1.78 bits per heavy atom. The summed E-state index contributed by atoms with van der Waals surface area (Å²) in [4.78, 5) is 2.22. The van der Waals surface area contributed by atoms with Crippen LogP contribution in [-0.4, -0.2) is 44.3 Å². The van der Waals surface area contributed by atoms with Gasteiger partial charge in [-0.1, -0.05) is 6.92 Å². The predicted molar refractivity (Wildman–Crippen MR) is 67.5 cm³/mol. The van der Waals surface area contributed by atoms with Gasteiger partial charge in [0.2, 0.25) is 0 Å². The molecule has 0 aliphatic heterocycles. The van der Waals surface area contributed by atoms with E-state index in [0.717, 1.165) is 26.2 Å². The Balaban J connectivity index is 2.09. The number of halogens is 3. The van der Waals surface area contributed by atoms with Crippen LogP contribution in [0.4, 0.5) is 13.2 Å². The van der Waals surface area contributed by atoms with Crippen LogP contribution in [0.15, 0.2) is 0 Å². The molecule has 0 unspecified atom stereocenters. The van der Waals surface area contributed by atoms with E-state index >= 15 is 0 Å². The minimum Gasteiger partial charge on any atom is -0.315 e. The third kappa shape index (κ3) is 5.57. The highest BCUT2D eigenvalue weighted by Crippen LogP contribution is 2.39. The van der Waals surface area contributed by atoms with Gasteiger partial charge in [0.15, 0.2) is 0 Å². The van der Waals surface area contributed by atoms with E-state index in [2.05, 4.69) is 24.2 Å². The molecule has 0 aromatic carbocycles. The summed E-state index contributed by atoms with van der Waals surface area (Å²) in [5.41, 5.74) is 0. The van der Waals surface area contributed by atoms with Gasteiger partial charge in [0.1, 0.15) is 0 Å². The molecule has 1 N–H and O–H groups in total. The minimum absolute atomic E-state index is 0.310. The number of likely N-dealkylation sites (N-methyl/N-ethyl adjacent to an activating group) is 1. The van der Waals surface area contributed by atoms with Crippen molar-refractivity contribution in [3.63, 3.8) is 0 Å². The fourth-order valence-electron chi connectivity index (χ4n) is 2.43. The van der Waals surface area contributed by atoms with Crippen LogP contribution < -0.4 is 5.32 Å². The SMILES string of the molecule is CCN(C)CCNCC1CCC(C(F)(F)F)CC1. The quantitative estimate of drug-likeness (QED) is 0.744. The largest absolute Gasteiger partial charge is 0.391 e. The first-order chi connectivity index (χ1) is 8.43. The lowest BCUT2D eigenvalue weighted by atomic mass is 9.81. The van der Waals surface area contributed by atoms with Gasteiger partial charge >= 0.3 is 6.18 Å². The van der Waals surface area contributed by atoms with Gasteiger partial charge in [-0.15, -0.1) is 0 Å². The van der Waals surface area contributed by atoms with Crippen molar-refractivity contribution < 1.29 is 13.2 Å². The Hall–Kier alpha value is -0.290. The molecular weight excluding hydrogens is 241 g/mol. The van der Waals surface area contributed by atoms with Crippen molar-refractivity contribution in [3.8, 4) is 0 Å². The molecule has 2 nitrogen and oxygen atoms in total. The molecule has 1 rings (SSSR count). The molecule has 0 saturated heterocycles. The van der Waals surface area contributed by atoms with E-state index in [1.807, 2.05) is 0 Å². The molecule has 1 aliphatic rings. The molecule has 0 radical (unpaired) electrons. The third-order valence-electron chi connectivity index (χ3n) is 3.95. The summed E-state index contributed by atoms with van der Waals surface area (Å²) in [6, 6.07) is 0. The summed E-state index contributed by atoms with van der Waals surface area (Å²) in [6.45, 7) is 5.91. The number of nitrogens with zero attached hydrogens (tertiary/aromatic N) is 1. The topological polar surface area (TPSA) is 15.3 Å². The standard InChI is InChI=1S/C13H25F3N2/c1-3-18(2)9-8-17-10-11-4-6-12(7-5-11)13(14,15)16/h11-12,17H,3-10H2,1-2H3. The van der Waals surface area contributed by atoms with E-state index in [0.29, 0.717) is 31.6 Å². The average Bonchev–Trinajstić information content (AvgIpc) is 2.33. The molecule has 0 amide bonds. The predicted octanol–water partition coefficient (Wildman–Crippen LogP) is 2.90. The average molecular weight is 266 g/mol. The third-order valence-corrected chi connectivity index (χ3v) is 3.95. The van der Waals surface area contributed by atoms with Gasteiger partial charge in [0.05, 0.1) is 5.92 Å². The molecular formula is C13H25F3N2. The van der Waals surface area contributed by atoms with Crippen molar-refractivity contribution in [1.29, 1.82) is 0 Å². The van der Waals surface area contributed by atoms with E-state index < -0.39 is 12.1 Å². The van der Waals surface area contributed by atoms with Crippen LogP contribution in [0.5, 0.6) is 0 Å². The number of hydrogen-bond donors (Lipinski definition) is 1. The van der Waals surface area contributed by atoms with Gasteiger partial charge in [-0.2, -0.15) is 13.2 Å². The van der Waals surface area contributed by atoms with Gasteiger partial charge in [0.25, 0.3) is 0 Å². The van der Waals surface area contributed by atoms with Crippen LogP contribution in [0.1, 0.15) is 32.6 Å². The molecule has 0 aromatic heterocycles. The highest BCUT2D eigenvalue weighted by Gasteiger charge is 2.41. The highest BCUT2D eigenvalue weighted by molar-refractivity contribution is 4.78. The Kier molecular flexibility index (Phi) is 6.43. The van der Waals surface area contributed by atoms with Crippen LogP contribution in [0.3, 0.4) is 0 Å². The molecule has 0 aromatic rings. The fourth-order valence-corrected chi connectivity index (χ4v) is 2.43. The van der Waals surface area contributed by atoms with Crippen LogP contribution in [0, 0.1) is 11.8 Å². The Morgan fingerprint density at radius 1 is 1.17 bits per heavy atom. The Morgan fingerprint density at radius 3 is 2.28 bits per heavy atom. The second-order valence-corrected chi connectivity index (χ2v) is 5.36. The van der Waals surface area contributed by atoms with Gasteiger partial charge in [0, 0.05) is 13.1 Å². The lowest BCUT2D eigenvalue weighted by molar-refractivity contribution is -0.183. The summed E-state index contributed by atoms with van der Waals surface area (Å²) in [6.07, 6.45) is -1.95. The lowest BCUT2D eigenvalue weighted by Crippen LogP contribution is -2.34. The number of nitrogens with one attached hydrogen (secondary N) is 1. The Bertz CT molecular complexity index is 223. The highest BCUT2D eigenvalue weighted by atomic mass is 19.4. The van der Waals surface area contributed by atoms with Gasteiger partial charge < -0.3 is 10.2 Å². The van der Waals surface area contributed by atoms with E-state index in [9.17, 15) is 13.2 Å². The van der Waals surface area contributed by atoms with E-state index in [1.54, 1.807) is 0 Å². The maximum atomic E-state index is 12.5. The molecule has 0 spiro atoms. The first-order valence-corrected chi connectivity index (χ1v) is 6.89. The van der Waals surface area contributed by atoms with E-state index in [-0.39, 0.29) is 0 Å². The van der Waals surface area contributed by atoms with E-state index in [1.165, 1.54) is 0 Å². The first kappa shape index (κ1) is 15.8. The maximum absolute atomic E-state index is 12.5. The minimum atomic E-state index is -3.98. The summed E-state index contributed by atoms with van der Waals surface area (Å²) < 4.78 is 37.4. The number of hydrogen-bond acceptors (Lipinski definition) is 2. The zero-order valence-electron chi connectivity index (χ0n) is 11.4. The molecule has 18 heavy (non-hydrogen) atoms. The number of alkyl halides is 3. The number of rotatable bonds is 6. The van der Waals surface area contributed by atoms with Gasteiger partial charge in [-0.3, -0.25) is 0 Å². The van der Waals surface area contributed by atoms with Crippen molar-refractivity contribution in [2.45, 2.75) is 38.8 Å². The second-order valence-electron chi connectivity index (χ2n) is 5.36. The van der Waals surface area contributed by atoms with Crippen LogP contribution in [0.2, 0.25) is 0 Å². The normalized spacial score (nSPS) is 25.7. The zero-order chi connectivity index (χ0) is 13.6. The smallest absolute Gasteiger partial charge is 0.315 e. The molecule has 108 valence electrons. The van der Waals surface area contributed by atoms with Crippen molar-refractivity contribution in [3.05, 3.63) is 0 Å². The van der Waals surface area contributed by atoms with Crippen LogP contribution in [-0.2, 0) is 0 Å². The molecule has 1 saturated carbocycles. The first-order valence-electron chi connectivity index (χ1n) is 6.89. The fraction of sp³-hybridized carbons (Fsp3) is 1.00. The molecule has 1 aliphatic carbocycles. The summed E-state index contributed by atoms with van der Waals surface area (Å²) in [5, 5.41) is 3.35. The van der Waals surface area contributed by atoms with Crippen molar-refractivity contribution in [2.75, 3.05) is 33.2 Å². The molecule has 0 heterocycles. The maximum Gasteiger partial charge on any atom is 0.391 e. The molecule has 0 bridgehead atoms. The summed E-state index contributed by atoms with van der Waals surface area (Å²) >= 11 is 0. The van der Waals surface area contributed by atoms with E-state index in [4.69, 9.17) is 0 Å². The second kappa shape index (κ2) is 7.34. The van der Waals surface area contributed by atoms with Crippen molar-refractivity contribution >= 4 is 0 Å². The van der Waals surface area contributed by atoms with Crippen molar-refractivity contribution in [1.82, 2.24) is 10.2 Å². The molecule has 1 fully saturated rings. The summed E-state index contributed by atoms with van der Waals surface area (Å²) in [7, 11) is 2.07. The monoisotopic (exact) mass is 266 g/mol. The lowest BCUT2D eigenvalue weighted by Gasteiger charge is -2.30. The van der Waals surface area contributed by atoms with Gasteiger partial charge in [-0.05, 0) is 51.7 Å². The zero-order valence-corrected chi connectivity index (χ0v) is 11.4.